The van der Waals surface area contributed by atoms with Crippen LogP contribution >= 0.6 is 0 Å². The minimum Gasteiger partial charge on any atom is -0.507 e. The smallest absolute Gasteiger partial charge is 0.342 e. The molecule has 0 atom stereocenters. The van der Waals surface area contributed by atoms with E-state index < -0.39 is 5.97 Å². The van der Waals surface area contributed by atoms with Crippen LogP contribution in [0.2, 0.25) is 0 Å². The molecule has 0 aliphatic heterocycles. The zero-order valence-electron chi connectivity index (χ0n) is 17.0. The van der Waals surface area contributed by atoms with E-state index in [1.165, 1.54) is 12.7 Å². The topological polar surface area (TPSA) is 55.8 Å². The summed E-state index contributed by atoms with van der Waals surface area (Å²) in [5, 5.41) is 10.8. The van der Waals surface area contributed by atoms with Crippen molar-refractivity contribution in [1.82, 2.24) is 0 Å². The number of hydrogen-bond donors (Lipinski definition) is 1. The first-order valence-electron chi connectivity index (χ1n) is 9.32. The molecule has 0 bridgehead atoms. The van der Waals surface area contributed by atoms with Gasteiger partial charge in [0.1, 0.15) is 17.1 Å². The second-order valence-electron chi connectivity index (χ2n) is 6.77. The normalized spacial score (nSPS) is 10.7. The first kappa shape index (κ1) is 21.3. The van der Waals surface area contributed by atoms with Gasteiger partial charge in [0.25, 0.3) is 0 Å². The molecule has 0 fully saturated rings. The average Bonchev–Trinajstić information content (AvgIpc) is 2.70. The summed E-state index contributed by atoms with van der Waals surface area (Å²) in [7, 11) is 2.87. The number of aromatic hydroxyl groups is 1. The Hall–Kier alpha value is -3.01. The molecule has 0 spiro atoms. The van der Waals surface area contributed by atoms with Gasteiger partial charge in [0.2, 0.25) is 0 Å². The van der Waals surface area contributed by atoms with Gasteiger partial charge in [-0.25, -0.2) is 4.79 Å². The van der Waals surface area contributed by atoms with Crippen molar-refractivity contribution in [2.24, 2.45) is 0 Å². The van der Waals surface area contributed by atoms with Crippen LogP contribution in [-0.4, -0.2) is 25.3 Å². The van der Waals surface area contributed by atoms with E-state index in [-0.39, 0.29) is 11.3 Å². The second-order valence-corrected chi connectivity index (χ2v) is 6.77. The van der Waals surface area contributed by atoms with Crippen molar-refractivity contribution in [3.63, 3.8) is 0 Å². The van der Waals surface area contributed by atoms with Gasteiger partial charge < -0.3 is 14.6 Å². The lowest BCUT2D eigenvalue weighted by Gasteiger charge is -2.15. The molecule has 0 amide bonds. The van der Waals surface area contributed by atoms with Crippen LogP contribution in [0.5, 0.6) is 11.5 Å². The molecule has 0 aliphatic carbocycles. The molecule has 4 heteroatoms. The number of carbonyl (C=O) groups is 1. The highest BCUT2D eigenvalue weighted by Crippen LogP contribution is 2.36. The number of allylic oxidation sites excluding steroid dienone is 3. The van der Waals surface area contributed by atoms with Crippen molar-refractivity contribution in [3.05, 3.63) is 76.4 Å². The molecule has 0 aliphatic rings. The molecular formula is C24H28O4. The Morgan fingerprint density at radius 1 is 1.14 bits per heavy atom. The van der Waals surface area contributed by atoms with Gasteiger partial charge in [0, 0.05) is 5.56 Å². The van der Waals surface area contributed by atoms with Gasteiger partial charge in [-0.1, -0.05) is 54.1 Å². The van der Waals surface area contributed by atoms with Gasteiger partial charge in [0.05, 0.1) is 14.2 Å². The van der Waals surface area contributed by atoms with E-state index in [9.17, 15) is 9.90 Å². The van der Waals surface area contributed by atoms with Crippen molar-refractivity contribution in [1.29, 1.82) is 0 Å². The van der Waals surface area contributed by atoms with Crippen molar-refractivity contribution in [2.45, 2.75) is 33.1 Å². The number of rotatable bonds is 8. The SMILES string of the molecule is COC(=O)c1c(/C=C/CCc2ccccc2)cc(OC)c(CC=C(C)C)c1O. The highest BCUT2D eigenvalue weighted by molar-refractivity contribution is 5.97. The highest BCUT2D eigenvalue weighted by atomic mass is 16.5. The summed E-state index contributed by atoms with van der Waals surface area (Å²) in [6, 6.07) is 12.0. The van der Waals surface area contributed by atoms with Gasteiger partial charge >= 0.3 is 5.97 Å². The Kier molecular flexibility index (Phi) is 7.88. The molecule has 0 saturated carbocycles. The van der Waals surface area contributed by atoms with Crippen LogP contribution in [-0.2, 0) is 17.6 Å². The van der Waals surface area contributed by atoms with Crippen molar-refractivity contribution >= 4 is 12.0 Å². The number of aryl methyl sites for hydroxylation is 1. The van der Waals surface area contributed by atoms with Crippen LogP contribution in [0.25, 0.3) is 6.08 Å². The molecule has 0 radical (unpaired) electrons. The van der Waals surface area contributed by atoms with Crippen molar-refractivity contribution in [3.8, 4) is 11.5 Å². The lowest BCUT2D eigenvalue weighted by Crippen LogP contribution is -2.07. The second kappa shape index (κ2) is 10.4. The number of phenols is 1. The predicted octanol–water partition coefficient (Wildman–Crippen LogP) is 5.34. The fourth-order valence-corrected chi connectivity index (χ4v) is 2.94. The molecule has 0 unspecified atom stereocenters. The lowest BCUT2D eigenvalue weighted by molar-refractivity contribution is 0.0597. The van der Waals surface area contributed by atoms with E-state index in [1.807, 2.05) is 50.3 Å². The Bertz CT molecular complexity index is 860. The van der Waals surface area contributed by atoms with Gasteiger partial charge in [-0.15, -0.1) is 0 Å². The zero-order valence-corrected chi connectivity index (χ0v) is 17.0. The predicted molar refractivity (Wildman–Crippen MR) is 113 cm³/mol. The lowest BCUT2D eigenvalue weighted by atomic mass is 9.97. The molecule has 0 saturated heterocycles. The van der Waals surface area contributed by atoms with Crippen LogP contribution in [0.4, 0.5) is 0 Å². The van der Waals surface area contributed by atoms with Gasteiger partial charge in [-0.2, -0.15) is 0 Å². The molecule has 28 heavy (non-hydrogen) atoms. The number of phenolic OH excluding ortho intramolecular Hbond substituents is 1. The Labute approximate surface area is 167 Å². The Balaban J connectivity index is 2.35. The summed E-state index contributed by atoms with van der Waals surface area (Å²) in [5.74, 6) is -0.113. The molecule has 1 N–H and O–H groups in total. The number of esters is 1. The van der Waals surface area contributed by atoms with E-state index in [4.69, 9.17) is 9.47 Å². The number of hydrogen-bond acceptors (Lipinski definition) is 4. The quantitative estimate of drug-likeness (QED) is 0.496. The number of benzene rings is 2. The van der Waals surface area contributed by atoms with Crippen LogP contribution in [0.1, 0.15) is 47.3 Å². The van der Waals surface area contributed by atoms with Crippen LogP contribution < -0.4 is 4.74 Å². The molecule has 148 valence electrons. The summed E-state index contributed by atoms with van der Waals surface area (Å²) in [5.41, 5.74) is 3.68. The molecule has 2 aromatic rings. The van der Waals surface area contributed by atoms with E-state index in [1.54, 1.807) is 13.2 Å². The fraction of sp³-hybridized carbons (Fsp3) is 0.292. The zero-order chi connectivity index (χ0) is 20.5. The maximum atomic E-state index is 12.3. The molecular weight excluding hydrogens is 352 g/mol. The van der Waals surface area contributed by atoms with Crippen LogP contribution in [0.3, 0.4) is 0 Å². The number of methoxy groups -OCH3 is 2. The molecule has 0 heterocycles. The van der Waals surface area contributed by atoms with Gasteiger partial charge in [-0.05, 0) is 50.3 Å². The fourth-order valence-electron chi connectivity index (χ4n) is 2.94. The summed E-state index contributed by atoms with van der Waals surface area (Å²) in [4.78, 5) is 12.3. The highest BCUT2D eigenvalue weighted by Gasteiger charge is 2.22. The van der Waals surface area contributed by atoms with E-state index in [0.717, 1.165) is 18.4 Å². The van der Waals surface area contributed by atoms with E-state index in [2.05, 4.69) is 12.1 Å². The Morgan fingerprint density at radius 3 is 2.46 bits per heavy atom. The van der Waals surface area contributed by atoms with Gasteiger partial charge in [-0.3, -0.25) is 0 Å². The summed E-state index contributed by atoms with van der Waals surface area (Å²) >= 11 is 0. The average molecular weight is 380 g/mol. The Morgan fingerprint density at radius 2 is 1.86 bits per heavy atom. The first-order chi connectivity index (χ1) is 13.5. The standard InChI is InChI=1S/C24H28O4/c1-17(2)14-15-20-21(27-3)16-19(22(23(20)25)24(26)28-4)13-9-8-12-18-10-6-5-7-11-18/h5-7,9-11,13-14,16,25H,8,12,15H2,1-4H3/b13-9+. The monoisotopic (exact) mass is 380 g/mol. The van der Waals surface area contributed by atoms with Crippen LogP contribution in [0, 0.1) is 0 Å². The summed E-state index contributed by atoms with van der Waals surface area (Å²) in [6.07, 6.45) is 7.98. The largest absolute Gasteiger partial charge is 0.507 e. The third-order valence-electron chi connectivity index (χ3n) is 4.46. The van der Waals surface area contributed by atoms with Gasteiger partial charge in [0.15, 0.2) is 0 Å². The molecule has 4 nitrogen and oxygen atoms in total. The summed E-state index contributed by atoms with van der Waals surface area (Å²) in [6.45, 7) is 3.96. The summed E-state index contributed by atoms with van der Waals surface area (Å²) < 4.78 is 10.4. The molecule has 0 aromatic heterocycles. The first-order valence-corrected chi connectivity index (χ1v) is 9.32. The maximum absolute atomic E-state index is 12.3. The third-order valence-corrected chi connectivity index (χ3v) is 4.46. The number of ether oxygens (including phenoxy) is 2. The number of carbonyl (C=O) groups excluding carboxylic acids is 1. The van der Waals surface area contributed by atoms with E-state index in [0.29, 0.717) is 23.3 Å². The third kappa shape index (κ3) is 5.49. The molecule has 2 rings (SSSR count). The van der Waals surface area contributed by atoms with E-state index >= 15 is 0 Å². The van der Waals surface area contributed by atoms with Crippen LogP contribution in [0.15, 0.2) is 54.1 Å². The van der Waals surface area contributed by atoms with Crippen molar-refractivity contribution in [2.75, 3.05) is 14.2 Å². The maximum Gasteiger partial charge on any atom is 0.342 e. The minimum absolute atomic E-state index is 0.0913. The minimum atomic E-state index is -0.568. The molecule has 2 aromatic carbocycles. The van der Waals surface area contributed by atoms with Crippen molar-refractivity contribution < 1.29 is 19.4 Å².